The third kappa shape index (κ3) is 4.32. The average Bonchev–Trinajstić information content (AvgIpc) is 3.34. The minimum Gasteiger partial charge on any atom is -0.491 e. The molecule has 0 radical (unpaired) electrons. The second kappa shape index (κ2) is 8.58. The van der Waals surface area contributed by atoms with E-state index >= 15 is 0 Å². The first-order valence-corrected chi connectivity index (χ1v) is 10.9. The van der Waals surface area contributed by atoms with Crippen molar-refractivity contribution in [2.24, 2.45) is 0 Å². The summed E-state index contributed by atoms with van der Waals surface area (Å²) in [6, 6.07) is 14.4. The number of aromatic nitrogens is 2. The van der Waals surface area contributed by atoms with Gasteiger partial charge in [0, 0.05) is 5.92 Å². The molecule has 1 unspecified atom stereocenters. The molecule has 1 aliphatic rings. The number of para-hydroxylation sites is 2. The van der Waals surface area contributed by atoms with E-state index in [0.29, 0.717) is 18.4 Å². The summed E-state index contributed by atoms with van der Waals surface area (Å²) in [5.74, 6) is 2.94. The van der Waals surface area contributed by atoms with Gasteiger partial charge in [-0.1, -0.05) is 44.9 Å². The number of benzene rings is 2. The Balaban J connectivity index is 1.48. The second-order valence-corrected chi connectivity index (χ2v) is 8.69. The number of aliphatic hydroxyl groups excluding tert-OH is 1. The summed E-state index contributed by atoms with van der Waals surface area (Å²) in [7, 11) is 0. The molecule has 2 aromatic carbocycles. The Labute approximate surface area is 173 Å². The van der Waals surface area contributed by atoms with Crippen molar-refractivity contribution in [1.82, 2.24) is 9.55 Å². The van der Waals surface area contributed by atoms with Crippen LogP contribution in [0.1, 0.15) is 68.3 Å². The van der Waals surface area contributed by atoms with Gasteiger partial charge < -0.3 is 14.4 Å². The summed E-state index contributed by atoms with van der Waals surface area (Å²) in [5.41, 5.74) is 4.69. The van der Waals surface area contributed by atoms with E-state index in [9.17, 15) is 5.11 Å². The third-order valence-corrected chi connectivity index (χ3v) is 6.10. The van der Waals surface area contributed by atoms with Crippen molar-refractivity contribution in [1.29, 1.82) is 0 Å². The molecule has 1 N–H and O–H groups in total. The second-order valence-electron chi connectivity index (χ2n) is 8.69. The number of fused-ring (bicyclic) bond motifs is 1. The molecule has 3 aromatic rings. The maximum atomic E-state index is 10.7. The maximum Gasteiger partial charge on any atom is 0.119 e. The van der Waals surface area contributed by atoms with Crippen molar-refractivity contribution in [2.75, 3.05) is 6.61 Å². The number of hydrogen-bond acceptors (Lipinski definition) is 3. The largest absolute Gasteiger partial charge is 0.491 e. The van der Waals surface area contributed by atoms with Crippen LogP contribution in [0.25, 0.3) is 11.0 Å². The van der Waals surface area contributed by atoms with E-state index in [1.165, 1.54) is 36.8 Å². The van der Waals surface area contributed by atoms with Crippen LogP contribution in [-0.2, 0) is 6.54 Å². The van der Waals surface area contributed by atoms with E-state index in [1.807, 2.05) is 18.2 Å². The van der Waals surface area contributed by atoms with E-state index in [1.54, 1.807) is 0 Å². The van der Waals surface area contributed by atoms with Crippen LogP contribution in [0.2, 0.25) is 0 Å². The molecule has 4 heteroatoms. The van der Waals surface area contributed by atoms with Gasteiger partial charge in [-0.3, -0.25) is 0 Å². The quantitative estimate of drug-likeness (QED) is 0.572. The summed E-state index contributed by atoms with van der Waals surface area (Å²) >= 11 is 0. The molecule has 4 rings (SSSR count). The van der Waals surface area contributed by atoms with Gasteiger partial charge in [0.05, 0.1) is 17.6 Å². The molecule has 0 spiro atoms. The lowest BCUT2D eigenvalue weighted by molar-refractivity contribution is 0.0924. The first-order valence-electron chi connectivity index (χ1n) is 10.9. The lowest BCUT2D eigenvalue weighted by Crippen LogP contribution is -2.25. The number of nitrogens with zero attached hydrogens (tertiary/aromatic N) is 2. The van der Waals surface area contributed by atoms with Gasteiger partial charge in [-0.05, 0) is 61.1 Å². The molecule has 0 bridgehead atoms. The summed E-state index contributed by atoms with van der Waals surface area (Å²) in [5, 5.41) is 10.7. The number of aryl methyl sites for hydroxylation is 1. The molecule has 1 fully saturated rings. The van der Waals surface area contributed by atoms with Crippen LogP contribution in [0.5, 0.6) is 5.75 Å². The van der Waals surface area contributed by atoms with Gasteiger partial charge in [-0.15, -0.1) is 0 Å². The summed E-state index contributed by atoms with van der Waals surface area (Å²) < 4.78 is 8.14. The number of hydrogen-bond donors (Lipinski definition) is 1. The highest BCUT2D eigenvalue weighted by molar-refractivity contribution is 5.76. The van der Waals surface area contributed by atoms with Crippen LogP contribution < -0.4 is 4.74 Å². The SMILES string of the molecule is Cc1cc(OCC(O)Cn2c(C3CCCC3)nc3ccccc32)ccc1C(C)C. The van der Waals surface area contributed by atoms with Gasteiger partial charge in [-0.2, -0.15) is 0 Å². The Morgan fingerprint density at radius 3 is 2.62 bits per heavy atom. The lowest BCUT2D eigenvalue weighted by atomic mass is 9.98. The van der Waals surface area contributed by atoms with Gasteiger partial charge >= 0.3 is 0 Å². The average molecular weight is 393 g/mol. The number of imidazole rings is 1. The van der Waals surface area contributed by atoms with E-state index in [0.717, 1.165) is 22.6 Å². The fraction of sp³-hybridized carbons (Fsp3) is 0.480. The first-order chi connectivity index (χ1) is 14.0. The van der Waals surface area contributed by atoms with Crippen molar-refractivity contribution in [2.45, 2.75) is 70.9 Å². The van der Waals surface area contributed by atoms with Crippen molar-refractivity contribution in [3.8, 4) is 5.75 Å². The van der Waals surface area contributed by atoms with Crippen LogP contribution in [-0.4, -0.2) is 27.4 Å². The standard InChI is InChI=1S/C25H32N2O2/c1-17(2)22-13-12-21(14-18(22)3)29-16-20(28)15-27-24-11-7-6-10-23(24)26-25(27)19-8-4-5-9-19/h6-7,10-14,17,19-20,28H,4-5,8-9,15-16H2,1-3H3. The molecule has 1 saturated carbocycles. The zero-order valence-corrected chi connectivity index (χ0v) is 17.8. The first kappa shape index (κ1) is 20.0. The molecule has 0 amide bonds. The van der Waals surface area contributed by atoms with E-state index in [4.69, 9.17) is 9.72 Å². The minimum absolute atomic E-state index is 0.275. The Kier molecular flexibility index (Phi) is 5.91. The van der Waals surface area contributed by atoms with Crippen LogP contribution >= 0.6 is 0 Å². The summed E-state index contributed by atoms with van der Waals surface area (Å²) in [4.78, 5) is 4.91. The van der Waals surface area contributed by atoms with Crippen molar-refractivity contribution >= 4 is 11.0 Å². The zero-order chi connectivity index (χ0) is 20.4. The highest BCUT2D eigenvalue weighted by Gasteiger charge is 2.24. The van der Waals surface area contributed by atoms with Crippen molar-refractivity contribution in [3.63, 3.8) is 0 Å². The van der Waals surface area contributed by atoms with Crippen LogP contribution in [0.3, 0.4) is 0 Å². The summed E-state index contributed by atoms with van der Waals surface area (Å²) in [6.45, 7) is 7.30. The maximum absolute atomic E-state index is 10.7. The Morgan fingerprint density at radius 1 is 1.14 bits per heavy atom. The molecule has 29 heavy (non-hydrogen) atoms. The predicted molar refractivity (Wildman–Crippen MR) is 118 cm³/mol. The summed E-state index contributed by atoms with van der Waals surface area (Å²) in [6.07, 6.45) is 4.34. The normalized spacial score (nSPS) is 16.0. The number of aliphatic hydroxyl groups is 1. The van der Waals surface area contributed by atoms with Crippen LogP contribution in [0.15, 0.2) is 42.5 Å². The topological polar surface area (TPSA) is 47.3 Å². The van der Waals surface area contributed by atoms with Crippen molar-refractivity contribution in [3.05, 3.63) is 59.4 Å². The number of rotatable bonds is 7. The van der Waals surface area contributed by atoms with Crippen LogP contribution in [0, 0.1) is 6.92 Å². The van der Waals surface area contributed by atoms with E-state index < -0.39 is 6.10 Å². The smallest absolute Gasteiger partial charge is 0.119 e. The molecule has 0 aliphatic heterocycles. The number of ether oxygens (including phenoxy) is 1. The Hall–Kier alpha value is -2.33. The fourth-order valence-electron chi connectivity index (χ4n) is 4.62. The predicted octanol–water partition coefficient (Wildman–Crippen LogP) is 5.57. The van der Waals surface area contributed by atoms with Gasteiger partial charge in [0.15, 0.2) is 0 Å². The van der Waals surface area contributed by atoms with Crippen LogP contribution in [0.4, 0.5) is 0 Å². The van der Waals surface area contributed by atoms with Gasteiger partial charge in [0.2, 0.25) is 0 Å². The zero-order valence-electron chi connectivity index (χ0n) is 17.8. The Morgan fingerprint density at radius 2 is 1.90 bits per heavy atom. The van der Waals surface area contributed by atoms with Gasteiger partial charge in [0.25, 0.3) is 0 Å². The lowest BCUT2D eigenvalue weighted by Gasteiger charge is -2.18. The van der Waals surface area contributed by atoms with Gasteiger partial charge in [-0.25, -0.2) is 4.98 Å². The van der Waals surface area contributed by atoms with E-state index in [2.05, 4.69) is 49.6 Å². The molecular formula is C25H32N2O2. The fourth-order valence-corrected chi connectivity index (χ4v) is 4.62. The van der Waals surface area contributed by atoms with Crippen molar-refractivity contribution < 1.29 is 9.84 Å². The molecule has 0 saturated heterocycles. The van der Waals surface area contributed by atoms with Gasteiger partial charge in [0.1, 0.15) is 24.3 Å². The molecular weight excluding hydrogens is 360 g/mol. The molecule has 1 aromatic heterocycles. The minimum atomic E-state index is -0.585. The monoisotopic (exact) mass is 392 g/mol. The molecule has 1 aliphatic carbocycles. The molecule has 1 heterocycles. The highest BCUT2D eigenvalue weighted by atomic mass is 16.5. The Bertz CT molecular complexity index is 970. The third-order valence-electron chi connectivity index (χ3n) is 6.10. The molecule has 154 valence electrons. The molecule has 1 atom stereocenters. The molecule has 4 nitrogen and oxygen atoms in total. The highest BCUT2D eigenvalue weighted by Crippen LogP contribution is 2.35. The van der Waals surface area contributed by atoms with E-state index in [-0.39, 0.29) is 6.61 Å².